The molecule has 2 heterocycles. The predicted octanol–water partition coefficient (Wildman–Crippen LogP) is 1.73. The van der Waals surface area contributed by atoms with E-state index in [1.807, 2.05) is 33.9 Å². The fourth-order valence-corrected chi connectivity index (χ4v) is 2.50. The standard InChI is InChI=1S/C15H24N4O2/c1-6-10(4)13-15(21)19(11(5)14(20)17-13)12-7-16-18(8-12)9(2)3/h7-11,13H,6H2,1-5H3,(H,17,20). The summed E-state index contributed by atoms with van der Waals surface area (Å²) >= 11 is 0. The van der Waals surface area contributed by atoms with Gasteiger partial charge in [0.05, 0.1) is 11.9 Å². The van der Waals surface area contributed by atoms with E-state index >= 15 is 0 Å². The van der Waals surface area contributed by atoms with Crippen molar-refractivity contribution in [2.75, 3.05) is 4.90 Å². The molecule has 0 radical (unpaired) electrons. The highest BCUT2D eigenvalue weighted by atomic mass is 16.2. The van der Waals surface area contributed by atoms with E-state index in [1.165, 1.54) is 0 Å². The van der Waals surface area contributed by atoms with Crippen LogP contribution in [0.1, 0.15) is 47.1 Å². The fourth-order valence-electron chi connectivity index (χ4n) is 2.50. The molecule has 2 amide bonds. The normalized spacial score (nSPS) is 24.4. The van der Waals surface area contributed by atoms with E-state index in [4.69, 9.17) is 0 Å². The average molecular weight is 292 g/mol. The van der Waals surface area contributed by atoms with Gasteiger partial charge in [-0.25, -0.2) is 0 Å². The van der Waals surface area contributed by atoms with Gasteiger partial charge < -0.3 is 5.32 Å². The molecule has 21 heavy (non-hydrogen) atoms. The van der Waals surface area contributed by atoms with Crippen LogP contribution in [-0.4, -0.2) is 33.7 Å². The van der Waals surface area contributed by atoms with Gasteiger partial charge >= 0.3 is 0 Å². The van der Waals surface area contributed by atoms with Crippen molar-refractivity contribution in [3.05, 3.63) is 12.4 Å². The fraction of sp³-hybridized carbons (Fsp3) is 0.667. The smallest absolute Gasteiger partial charge is 0.250 e. The molecule has 3 atom stereocenters. The Morgan fingerprint density at radius 2 is 2.00 bits per heavy atom. The first kappa shape index (κ1) is 15.5. The Labute approximate surface area is 125 Å². The topological polar surface area (TPSA) is 67.2 Å². The molecule has 0 aliphatic carbocycles. The molecule has 1 aliphatic rings. The van der Waals surface area contributed by atoms with Crippen molar-refractivity contribution in [2.45, 2.75) is 59.2 Å². The summed E-state index contributed by atoms with van der Waals surface area (Å²) < 4.78 is 1.79. The van der Waals surface area contributed by atoms with Crippen LogP contribution >= 0.6 is 0 Å². The van der Waals surface area contributed by atoms with Gasteiger partial charge in [0, 0.05) is 12.2 Å². The molecule has 2 rings (SSSR count). The zero-order valence-electron chi connectivity index (χ0n) is 13.3. The second-order valence-corrected chi connectivity index (χ2v) is 6.03. The number of nitrogens with zero attached hydrogens (tertiary/aromatic N) is 3. The van der Waals surface area contributed by atoms with Gasteiger partial charge in [-0.3, -0.25) is 19.2 Å². The lowest BCUT2D eigenvalue weighted by molar-refractivity contribution is -0.134. The van der Waals surface area contributed by atoms with Crippen molar-refractivity contribution in [1.29, 1.82) is 0 Å². The summed E-state index contributed by atoms with van der Waals surface area (Å²) in [5, 5.41) is 7.10. The highest BCUT2D eigenvalue weighted by Gasteiger charge is 2.41. The largest absolute Gasteiger partial charge is 0.342 e. The molecule has 1 aliphatic heterocycles. The monoisotopic (exact) mass is 292 g/mol. The minimum Gasteiger partial charge on any atom is -0.342 e. The van der Waals surface area contributed by atoms with E-state index in [1.54, 1.807) is 22.7 Å². The third kappa shape index (κ3) is 2.80. The molecule has 0 bridgehead atoms. The Kier molecular flexibility index (Phi) is 4.34. The number of rotatable bonds is 4. The van der Waals surface area contributed by atoms with Crippen LogP contribution in [0.25, 0.3) is 0 Å². The van der Waals surface area contributed by atoms with E-state index in [9.17, 15) is 9.59 Å². The molecule has 0 aromatic carbocycles. The van der Waals surface area contributed by atoms with Gasteiger partial charge in [0.2, 0.25) is 5.91 Å². The number of hydrogen-bond acceptors (Lipinski definition) is 3. The molecule has 116 valence electrons. The van der Waals surface area contributed by atoms with Crippen LogP contribution < -0.4 is 10.2 Å². The van der Waals surface area contributed by atoms with Crippen LogP contribution in [0.3, 0.4) is 0 Å². The maximum atomic E-state index is 12.7. The minimum absolute atomic E-state index is 0.0558. The number of aromatic nitrogens is 2. The number of carbonyl (C=O) groups excluding carboxylic acids is 2. The van der Waals surface area contributed by atoms with E-state index in [2.05, 4.69) is 10.4 Å². The Hall–Kier alpha value is -1.85. The lowest BCUT2D eigenvalue weighted by atomic mass is 9.94. The number of carbonyl (C=O) groups is 2. The van der Waals surface area contributed by atoms with E-state index in [-0.39, 0.29) is 23.8 Å². The van der Waals surface area contributed by atoms with Crippen LogP contribution in [0, 0.1) is 5.92 Å². The summed E-state index contributed by atoms with van der Waals surface area (Å²) in [4.78, 5) is 26.5. The maximum absolute atomic E-state index is 12.7. The molecule has 1 N–H and O–H groups in total. The Morgan fingerprint density at radius 3 is 2.52 bits per heavy atom. The second-order valence-electron chi connectivity index (χ2n) is 6.03. The third-order valence-electron chi connectivity index (χ3n) is 4.18. The van der Waals surface area contributed by atoms with Gasteiger partial charge in [0.15, 0.2) is 0 Å². The first-order valence-electron chi connectivity index (χ1n) is 7.54. The zero-order valence-corrected chi connectivity index (χ0v) is 13.3. The van der Waals surface area contributed by atoms with Crippen LogP contribution in [0.2, 0.25) is 0 Å². The molecule has 1 saturated heterocycles. The SMILES string of the molecule is CCC(C)C1NC(=O)C(C)N(c2cnn(C(C)C)c2)C1=O. The molecular formula is C15H24N4O2. The highest BCUT2D eigenvalue weighted by Crippen LogP contribution is 2.24. The average Bonchev–Trinajstić information content (AvgIpc) is 2.92. The van der Waals surface area contributed by atoms with Gasteiger partial charge in [-0.2, -0.15) is 5.10 Å². The molecule has 6 nitrogen and oxygen atoms in total. The summed E-state index contributed by atoms with van der Waals surface area (Å²) in [6.45, 7) is 9.78. The van der Waals surface area contributed by atoms with E-state index in [0.717, 1.165) is 6.42 Å². The summed E-state index contributed by atoms with van der Waals surface area (Å²) in [6.07, 6.45) is 4.32. The predicted molar refractivity (Wildman–Crippen MR) is 80.9 cm³/mol. The minimum atomic E-state index is -0.511. The van der Waals surface area contributed by atoms with Crippen LogP contribution in [-0.2, 0) is 9.59 Å². The van der Waals surface area contributed by atoms with Crippen LogP contribution in [0.5, 0.6) is 0 Å². The molecule has 1 aromatic rings. The number of piperazine rings is 1. The Bertz CT molecular complexity index is 538. The molecule has 1 aromatic heterocycles. The van der Waals surface area contributed by atoms with E-state index in [0.29, 0.717) is 5.69 Å². The van der Waals surface area contributed by atoms with Gasteiger partial charge in [-0.15, -0.1) is 0 Å². The number of amides is 2. The molecule has 3 unspecified atom stereocenters. The Balaban J connectivity index is 2.33. The number of nitrogens with one attached hydrogen (secondary N) is 1. The van der Waals surface area contributed by atoms with Crippen molar-refractivity contribution in [3.8, 4) is 0 Å². The Morgan fingerprint density at radius 1 is 1.33 bits per heavy atom. The van der Waals surface area contributed by atoms with Crippen LogP contribution in [0.4, 0.5) is 5.69 Å². The summed E-state index contributed by atoms with van der Waals surface area (Å²) in [5.74, 6) is -0.0615. The summed E-state index contributed by atoms with van der Waals surface area (Å²) in [7, 11) is 0. The first-order chi connectivity index (χ1) is 9.86. The van der Waals surface area contributed by atoms with Crippen molar-refractivity contribution < 1.29 is 9.59 Å². The van der Waals surface area contributed by atoms with Crippen LogP contribution in [0.15, 0.2) is 12.4 Å². The lowest BCUT2D eigenvalue weighted by Crippen LogP contribution is -2.64. The first-order valence-corrected chi connectivity index (χ1v) is 7.54. The molecule has 0 saturated carbocycles. The van der Waals surface area contributed by atoms with Gasteiger partial charge in [0.25, 0.3) is 5.91 Å². The van der Waals surface area contributed by atoms with Gasteiger partial charge in [0.1, 0.15) is 12.1 Å². The van der Waals surface area contributed by atoms with Gasteiger partial charge in [-0.1, -0.05) is 20.3 Å². The van der Waals surface area contributed by atoms with Crippen molar-refractivity contribution >= 4 is 17.5 Å². The van der Waals surface area contributed by atoms with Crippen molar-refractivity contribution in [2.24, 2.45) is 5.92 Å². The highest BCUT2D eigenvalue weighted by molar-refractivity contribution is 6.08. The zero-order chi connectivity index (χ0) is 15.7. The quantitative estimate of drug-likeness (QED) is 0.919. The molecular weight excluding hydrogens is 268 g/mol. The van der Waals surface area contributed by atoms with Crippen molar-refractivity contribution in [3.63, 3.8) is 0 Å². The van der Waals surface area contributed by atoms with Crippen molar-refractivity contribution in [1.82, 2.24) is 15.1 Å². The maximum Gasteiger partial charge on any atom is 0.250 e. The summed E-state index contributed by atoms with van der Waals surface area (Å²) in [6, 6.07) is -0.753. The van der Waals surface area contributed by atoms with Gasteiger partial charge in [-0.05, 0) is 26.7 Å². The summed E-state index contributed by atoms with van der Waals surface area (Å²) in [5.41, 5.74) is 0.685. The number of anilines is 1. The molecule has 1 fully saturated rings. The molecule has 6 heteroatoms. The third-order valence-corrected chi connectivity index (χ3v) is 4.18. The molecule has 0 spiro atoms. The lowest BCUT2D eigenvalue weighted by Gasteiger charge is -2.38. The van der Waals surface area contributed by atoms with E-state index < -0.39 is 12.1 Å². The second kappa shape index (κ2) is 5.87. The number of hydrogen-bond donors (Lipinski definition) is 1.